The summed E-state index contributed by atoms with van der Waals surface area (Å²) in [4.78, 5) is 13.5. The van der Waals surface area contributed by atoms with E-state index in [4.69, 9.17) is 5.73 Å². The molecule has 0 aliphatic carbocycles. The summed E-state index contributed by atoms with van der Waals surface area (Å²) in [6.45, 7) is 6.13. The molecule has 1 heterocycles. The lowest BCUT2D eigenvalue weighted by Gasteiger charge is -2.21. The van der Waals surface area contributed by atoms with Crippen LogP contribution in [0.5, 0.6) is 0 Å². The standard InChI is InChI=1S/C11H21N5O/c1-5-9(12)10-6-16(14-13-10)7-11(17)15(4)8(2)3/h6,8-9H,5,7,12H2,1-4H3. The largest absolute Gasteiger partial charge is 0.342 e. The number of likely N-dealkylation sites (N-methyl/N-ethyl adjacent to an activating group) is 1. The van der Waals surface area contributed by atoms with Gasteiger partial charge < -0.3 is 10.6 Å². The van der Waals surface area contributed by atoms with Crippen LogP contribution >= 0.6 is 0 Å². The Morgan fingerprint density at radius 3 is 2.76 bits per heavy atom. The van der Waals surface area contributed by atoms with E-state index in [1.807, 2.05) is 20.8 Å². The highest BCUT2D eigenvalue weighted by Crippen LogP contribution is 2.09. The molecule has 0 aromatic carbocycles. The van der Waals surface area contributed by atoms with Crippen molar-refractivity contribution in [3.63, 3.8) is 0 Å². The maximum Gasteiger partial charge on any atom is 0.244 e. The van der Waals surface area contributed by atoms with Crippen molar-refractivity contribution in [3.8, 4) is 0 Å². The molecule has 1 aromatic rings. The fourth-order valence-electron chi connectivity index (χ4n) is 1.31. The number of carbonyl (C=O) groups excluding carboxylic acids is 1. The number of amides is 1. The van der Waals surface area contributed by atoms with Crippen molar-refractivity contribution in [2.24, 2.45) is 5.73 Å². The van der Waals surface area contributed by atoms with Gasteiger partial charge in [0.25, 0.3) is 0 Å². The zero-order chi connectivity index (χ0) is 13.0. The van der Waals surface area contributed by atoms with Crippen LogP contribution in [0.4, 0.5) is 0 Å². The molecular formula is C11H21N5O. The van der Waals surface area contributed by atoms with Crippen molar-refractivity contribution < 1.29 is 4.79 Å². The minimum absolute atomic E-state index is 0.0153. The smallest absolute Gasteiger partial charge is 0.244 e. The molecule has 6 nitrogen and oxygen atoms in total. The van der Waals surface area contributed by atoms with E-state index >= 15 is 0 Å². The third kappa shape index (κ3) is 3.52. The first-order valence-corrected chi connectivity index (χ1v) is 5.87. The molecule has 0 aliphatic rings. The first-order chi connectivity index (χ1) is 7.95. The zero-order valence-electron chi connectivity index (χ0n) is 10.9. The van der Waals surface area contributed by atoms with E-state index in [-0.39, 0.29) is 24.5 Å². The van der Waals surface area contributed by atoms with Crippen molar-refractivity contribution in [1.29, 1.82) is 0 Å². The van der Waals surface area contributed by atoms with E-state index in [0.717, 1.165) is 12.1 Å². The second kappa shape index (κ2) is 5.77. The quantitative estimate of drug-likeness (QED) is 0.814. The lowest BCUT2D eigenvalue weighted by atomic mass is 10.2. The topological polar surface area (TPSA) is 77.0 Å². The molecule has 1 unspecified atom stereocenters. The van der Waals surface area contributed by atoms with Gasteiger partial charge in [0, 0.05) is 13.1 Å². The lowest BCUT2D eigenvalue weighted by Crippen LogP contribution is -2.35. The third-order valence-corrected chi connectivity index (χ3v) is 2.84. The summed E-state index contributed by atoms with van der Waals surface area (Å²) in [5.41, 5.74) is 6.56. The molecule has 1 atom stereocenters. The molecule has 0 aliphatic heterocycles. The molecule has 2 N–H and O–H groups in total. The maximum absolute atomic E-state index is 11.8. The van der Waals surface area contributed by atoms with Crippen molar-refractivity contribution >= 4 is 5.91 Å². The van der Waals surface area contributed by atoms with Crippen LogP contribution in [0.2, 0.25) is 0 Å². The van der Waals surface area contributed by atoms with Gasteiger partial charge in [-0.1, -0.05) is 12.1 Å². The SMILES string of the molecule is CCC(N)c1cn(CC(=O)N(C)C(C)C)nn1. The Labute approximate surface area is 102 Å². The number of nitrogens with zero attached hydrogens (tertiary/aromatic N) is 4. The van der Waals surface area contributed by atoms with Gasteiger partial charge in [-0.2, -0.15) is 0 Å². The van der Waals surface area contributed by atoms with Crippen molar-refractivity contribution in [1.82, 2.24) is 19.9 Å². The fourth-order valence-corrected chi connectivity index (χ4v) is 1.31. The van der Waals surface area contributed by atoms with Crippen LogP contribution in [0.25, 0.3) is 0 Å². The molecule has 0 fully saturated rings. The van der Waals surface area contributed by atoms with E-state index in [2.05, 4.69) is 10.3 Å². The molecule has 1 rings (SSSR count). The highest BCUT2D eigenvalue weighted by atomic mass is 16.2. The van der Waals surface area contributed by atoms with Gasteiger partial charge in [0.05, 0.1) is 17.9 Å². The van der Waals surface area contributed by atoms with Gasteiger partial charge in [-0.25, -0.2) is 4.68 Å². The Bertz CT molecular complexity index is 374. The Balaban J connectivity index is 2.63. The summed E-state index contributed by atoms with van der Waals surface area (Å²) >= 11 is 0. The Kier molecular flexibility index (Phi) is 4.62. The van der Waals surface area contributed by atoms with Crippen LogP contribution in [0.15, 0.2) is 6.20 Å². The molecular weight excluding hydrogens is 218 g/mol. The van der Waals surface area contributed by atoms with Crippen molar-refractivity contribution in [2.45, 2.75) is 45.8 Å². The zero-order valence-corrected chi connectivity index (χ0v) is 10.9. The van der Waals surface area contributed by atoms with Crippen molar-refractivity contribution in [2.75, 3.05) is 7.05 Å². The average molecular weight is 239 g/mol. The second-order valence-corrected chi connectivity index (χ2v) is 4.45. The molecule has 0 radical (unpaired) electrons. The molecule has 1 amide bonds. The molecule has 0 saturated carbocycles. The number of rotatable bonds is 5. The number of nitrogens with two attached hydrogens (primary N) is 1. The van der Waals surface area contributed by atoms with E-state index in [0.29, 0.717) is 0 Å². The van der Waals surface area contributed by atoms with Gasteiger partial charge in [-0.05, 0) is 20.3 Å². The van der Waals surface area contributed by atoms with Gasteiger partial charge in [-0.15, -0.1) is 5.10 Å². The fraction of sp³-hybridized carbons (Fsp3) is 0.727. The van der Waals surface area contributed by atoms with Gasteiger partial charge in [0.15, 0.2) is 0 Å². The second-order valence-electron chi connectivity index (χ2n) is 4.45. The summed E-state index contributed by atoms with van der Waals surface area (Å²) in [5.74, 6) is 0.0153. The minimum atomic E-state index is -0.110. The Morgan fingerprint density at radius 2 is 2.24 bits per heavy atom. The van der Waals surface area contributed by atoms with Gasteiger partial charge in [-0.3, -0.25) is 4.79 Å². The van der Waals surface area contributed by atoms with Crippen LogP contribution in [0.3, 0.4) is 0 Å². The summed E-state index contributed by atoms with van der Waals surface area (Å²) < 4.78 is 1.53. The Morgan fingerprint density at radius 1 is 1.59 bits per heavy atom. The van der Waals surface area contributed by atoms with Crippen LogP contribution in [-0.4, -0.2) is 38.9 Å². The number of carbonyl (C=O) groups is 1. The molecule has 96 valence electrons. The van der Waals surface area contributed by atoms with Crippen LogP contribution < -0.4 is 5.73 Å². The summed E-state index contributed by atoms with van der Waals surface area (Å²) in [6, 6.07) is 0.0741. The van der Waals surface area contributed by atoms with Crippen molar-refractivity contribution in [3.05, 3.63) is 11.9 Å². The summed E-state index contributed by atoms with van der Waals surface area (Å²) in [6.07, 6.45) is 2.54. The molecule has 17 heavy (non-hydrogen) atoms. The van der Waals surface area contributed by atoms with Gasteiger partial charge >= 0.3 is 0 Å². The lowest BCUT2D eigenvalue weighted by molar-refractivity contribution is -0.132. The Hall–Kier alpha value is -1.43. The van der Waals surface area contributed by atoms with E-state index in [1.165, 1.54) is 4.68 Å². The van der Waals surface area contributed by atoms with E-state index in [9.17, 15) is 4.79 Å². The predicted molar refractivity (Wildman–Crippen MR) is 65.1 cm³/mol. The molecule has 0 saturated heterocycles. The van der Waals surface area contributed by atoms with Crippen LogP contribution in [-0.2, 0) is 11.3 Å². The third-order valence-electron chi connectivity index (χ3n) is 2.84. The highest BCUT2D eigenvalue weighted by molar-refractivity contribution is 5.75. The van der Waals surface area contributed by atoms with Crippen LogP contribution in [0.1, 0.15) is 38.9 Å². The number of hydrogen-bond acceptors (Lipinski definition) is 4. The van der Waals surface area contributed by atoms with Gasteiger partial charge in [0.2, 0.25) is 5.91 Å². The summed E-state index contributed by atoms with van der Waals surface area (Å²) in [7, 11) is 1.78. The maximum atomic E-state index is 11.8. The van der Waals surface area contributed by atoms with Crippen LogP contribution in [0, 0.1) is 0 Å². The molecule has 0 bridgehead atoms. The number of aromatic nitrogens is 3. The predicted octanol–water partition coefficient (Wildman–Crippen LogP) is 0.555. The first kappa shape index (κ1) is 13.6. The monoisotopic (exact) mass is 239 g/mol. The summed E-state index contributed by atoms with van der Waals surface area (Å²) in [5, 5.41) is 7.87. The number of hydrogen-bond donors (Lipinski definition) is 1. The normalized spacial score (nSPS) is 12.8. The first-order valence-electron chi connectivity index (χ1n) is 5.87. The van der Waals surface area contributed by atoms with E-state index in [1.54, 1.807) is 18.1 Å². The van der Waals surface area contributed by atoms with Gasteiger partial charge in [0.1, 0.15) is 6.54 Å². The minimum Gasteiger partial charge on any atom is -0.342 e. The highest BCUT2D eigenvalue weighted by Gasteiger charge is 2.14. The van der Waals surface area contributed by atoms with E-state index < -0.39 is 0 Å². The molecule has 6 heteroatoms. The molecule has 0 spiro atoms. The molecule has 1 aromatic heterocycles. The average Bonchev–Trinajstić information content (AvgIpc) is 2.75.